The van der Waals surface area contributed by atoms with Gasteiger partial charge in [0.15, 0.2) is 5.65 Å². The molecule has 1 aromatic carbocycles. The zero-order chi connectivity index (χ0) is 26.5. The molecule has 1 atom stereocenters. The van der Waals surface area contributed by atoms with Gasteiger partial charge >= 0.3 is 0 Å². The van der Waals surface area contributed by atoms with Crippen LogP contribution in [-0.2, 0) is 4.79 Å². The van der Waals surface area contributed by atoms with Crippen LogP contribution in [0.1, 0.15) is 43.1 Å². The Hall–Kier alpha value is -4.35. The van der Waals surface area contributed by atoms with Gasteiger partial charge in [-0.15, -0.1) is 0 Å². The number of hydrogen-bond acceptors (Lipinski definition) is 7. The molecule has 186 valence electrons. The Balaban J connectivity index is 1.74. The summed E-state index contributed by atoms with van der Waals surface area (Å²) in [6, 6.07) is 9.91. The molecule has 0 saturated heterocycles. The summed E-state index contributed by atoms with van der Waals surface area (Å²) in [4.78, 5) is 21.8. The monoisotopic (exact) mass is 520 g/mol. The summed E-state index contributed by atoms with van der Waals surface area (Å²) in [7, 11) is 0. The first-order chi connectivity index (χ1) is 17.7. The van der Waals surface area contributed by atoms with Crippen molar-refractivity contribution >= 4 is 39.9 Å². The van der Waals surface area contributed by atoms with Gasteiger partial charge in [-0.1, -0.05) is 17.7 Å². The summed E-state index contributed by atoms with van der Waals surface area (Å²) >= 11 is 6.15. The summed E-state index contributed by atoms with van der Waals surface area (Å²) in [5.74, 6) is -0.251. The Morgan fingerprint density at radius 3 is 2.68 bits per heavy atom. The number of pyridine rings is 1. The molecule has 0 unspecified atom stereocenters. The fourth-order valence-corrected chi connectivity index (χ4v) is 4.40. The lowest BCUT2D eigenvalue weighted by atomic mass is 10.00. The zero-order valence-electron chi connectivity index (χ0n) is 19.7. The molecule has 5 rings (SSSR count). The molecule has 4 aromatic rings. The molecule has 37 heavy (non-hydrogen) atoms. The molecule has 1 aliphatic rings. The minimum atomic E-state index is -3.01. The molecule has 1 saturated carbocycles. The first-order valence-corrected chi connectivity index (χ1v) is 11.7. The molecule has 9 nitrogen and oxygen atoms in total. The first-order valence-electron chi connectivity index (χ1n) is 11.3. The summed E-state index contributed by atoms with van der Waals surface area (Å²) in [6.45, 7) is 3.26. The average Bonchev–Trinajstić information content (AvgIpc) is 3.54. The smallest absolute Gasteiger partial charge is 0.283 e. The van der Waals surface area contributed by atoms with Gasteiger partial charge in [0.05, 0.1) is 17.3 Å². The van der Waals surface area contributed by atoms with E-state index in [0.29, 0.717) is 45.6 Å². The Morgan fingerprint density at radius 2 is 2.03 bits per heavy atom. The van der Waals surface area contributed by atoms with Gasteiger partial charge in [-0.05, 0) is 50.5 Å². The average molecular weight is 521 g/mol. The topological polar surface area (TPSA) is 132 Å². The van der Waals surface area contributed by atoms with Crippen LogP contribution in [0.15, 0.2) is 30.5 Å². The van der Waals surface area contributed by atoms with E-state index in [2.05, 4.69) is 31.8 Å². The number of hydrogen-bond donors (Lipinski definition) is 2. The lowest BCUT2D eigenvalue weighted by Crippen LogP contribution is -2.44. The molecular weight excluding hydrogens is 502 g/mol. The molecule has 0 spiro atoms. The van der Waals surface area contributed by atoms with Gasteiger partial charge in [0.1, 0.15) is 34.7 Å². The van der Waals surface area contributed by atoms with Crippen LogP contribution in [0.5, 0.6) is 0 Å². The summed E-state index contributed by atoms with van der Waals surface area (Å²) in [5, 5.41) is 30.0. The third-order valence-corrected chi connectivity index (χ3v) is 6.57. The highest BCUT2D eigenvalue weighted by atomic mass is 35.5. The van der Waals surface area contributed by atoms with E-state index in [1.807, 2.05) is 0 Å². The van der Waals surface area contributed by atoms with Crippen molar-refractivity contribution in [3.8, 4) is 23.3 Å². The number of amides is 1. The normalized spacial score (nSPS) is 14.8. The molecule has 0 aliphatic heterocycles. The maximum Gasteiger partial charge on any atom is 0.283 e. The number of nitrogens with zero attached hydrogens (tertiary/aromatic N) is 6. The third kappa shape index (κ3) is 4.17. The molecule has 12 heteroatoms. The van der Waals surface area contributed by atoms with Crippen LogP contribution in [0.3, 0.4) is 0 Å². The van der Waals surface area contributed by atoms with E-state index in [9.17, 15) is 24.1 Å². The van der Waals surface area contributed by atoms with Crippen molar-refractivity contribution in [1.82, 2.24) is 24.9 Å². The maximum atomic E-state index is 13.8. The second-order valence-electron chi connectivity index (χ2n) is 8.90. The lowest BCUT2D eigenvalue weighted by molar-refractivity contribution is -0.122. The number of nitrogens with one attached hydrogen (secondary N) is 2. The van der Waals surface area contributed by atoms with Crippen LogP contribution < -0.4 is 10.6 Å². The standard InChI is InChI=1S/C25H19ClF2N8O/c1-12-19(16-5-8-31-18-9-14(26)3-4-15(16)18)23(33-13(2)24(37)34-25(11-30)6-7-25)36-22(32-12)17(10-29)20(35-36)21(27)28/h3-5,8-9,13,21,33H,6-7H2,1-2H3,(H,34,37)/t13-/m0/s1. The van der Waals surface area contributed by atoms with E-state index in [-0.39, 0.29) is 17.0 Å². The fraction of sp³-hybridized carbons (Fsp3) is 0.280. The SMILES string of the molecule is Cc1nc2c(C#N)c(C(F)F)nn2c(N[C@@H](C)C(=O)NC2(C#N)CC2)c1-c1ccnc2cc(Cl)ccc12. The Labute approximate surface area is 214 Å². The summed E-state index contributed by atoms with van der Waals surface area (Å²) < 4.78 is 28.7. The minimum Gasteiger partial charge on any atom is -0.358 e. The van der Waals surface area contributed by atoms with Crippen LogP contribution in [0.4, 0.5) is 14.6 Å². The highest BCUT2D eigenvalue weighted by Gasteiger charge is 2.45. The van der Waals surface area contributed by atoms with Crippen molar-refractivity contribution in [2.45, 2.75) is 44.7 Å². The maximum absolute atomic E-state index is 13.8. The van der Waals surface area contributed by atoms with Gasteiger partial charge in [-0.2, -0.15) is 20.1 Å². The fourth-order valence-electron chi connectivity index (χ4n) is 4.24. The molecular formula is C25H19ClF2N8O. The van der Waals surface area contributed by atoms with E-state index in [1.54, 1.807) is 50.4 Å². The number of rotatable bonds is 6. The van der Waals surface area contributed by atoms with Gasteiger partial charge in [-0.3, -0.25) is 9.78 Å². The predicted octanol–water partition coefficient (Wildman–Crippen LogP) is 4.69. The number of benzene rings is 1. The number of carbonyl (C=O) groups excluding carboxylic acids is 1. The number of alkyl halides is 2. The van der Waals surface area contributed by atoms with E-state index in [4.69, 9.17) is 11.6 Å². The second kappa shape index (κ2) is 8.95. The molecule has 3 aromatic heterocycles. The molecule has 0 bridgehead atoms. The number of aromatic nitrogens is 4. The Bertz CT molecular complexity index is 1670. The van der Waals surface area contributed by atoms with Crippen molar-refractivity contribution in [2.75, 3.05) is 5.32 Å². The van der Waals surface area contributed by atoms with Gasteiger partial charge in [0, 0.05) is 22.2 Å². The van der Waals surface area contributed by atoms with Crippen LogP contribution >= 0.6 is 11.6 Å². The van der Waals surface area contributed by atoms with Crippen molar-refractivity contribution in [3.63, 3.8) is 0 Å². The number of anilines is 1. The van der Waals surface area contributed by atoms with Crippen molar-refractivity contribution in [1.29, 1.82) is 10.5 Å². The van der Waals surface area contributed by atoms with Crippen LogP contribution in [0, 0.1) is 29.6 Å². The molecule has 0 radical (unpaired) electrons. The van der Waals surface area contributed by atoms with Crippen molar-refractivity contribution in [3.05, 3.63) is 52.4 Å². The van der Waals surface area contributed by atoms with Gasteiger partial charge in [0.25, 0.3) is 6.43 Å². The quantitative estimate of drug-likeness (QED) is 0.377. The zero-order valence-corrected chi connectivity index (χ0v) is 20.4. The number of fused-ring (bicyclic) bond motifs is 2. The third-order valence-electron chi connectivity index (χ3n) is 6.34. The largest absolute Gasteiger partial charge is 0.358 e. The molecule has 1 fully saturated rings. The second-order valence-corrected chi connectivity index (χ2v) is 9.33. The van der Waals surface area contributed by atoms with E-state index < -0.39 is 29.6 Å². The van der Waals surface area contributed by atoms with Gasteiger partial charge in [-0.25, -0.2) is 13.8 Å². The first kappa shape index (κ1) is 24.3. The van der Waals surface area contributed by atoms with Crippen molar-refractivity contribution < 1.29 is 13.6 Å². The van der Waals surface area contributed by atoms with E-state index >= 15 is 0 Å². The molecule has 2 N–H and O–H groups in total. The minimum absolute atomic E-state index is 0.0637. The molecule has 3 heterocycles. The summed E-state index contributed by atoms with van der Waals surface area (Å²) in [5.41, 5.74) is 0.129. The molecule has 1 aliphatic carbocycles. The Morgan fingerprint density at radius 1 is 1.27 bits per heavy atom. The number of halogens is 3. The van der Waals surface area contributed by atoms with Crippen LogP contribution in [0.2, 0.25) is 5.02 Å². The number of nitriles is 2. The van der Waals surface area contributed by atoms with Crippen LogP contribution in [-0.4, -0.2) is 37.1 Å². The van der Waals surface area contributed by atoms with Gasteiger partial charge in [0.2, 0.25) is 5.91 Å². The van der Waals surface area contributed by atoms with E-state index in [1.165, 1.54) is 0 Å². The Kier molecular flexibility index (Phi) is 5.89. The highest BCUT2D eigenvalue weighted by molar-refractivity contribution is 6.31. The van der Waals surface area contributed by atoms with E-state index in [0.717, 1.165) is 4.52 Å². The van der Waals surface area contributed by atoms with Crippen LogP contribution in [0.25, 0.3) is 27.7 Å². The summed E-state index contributed by atoms with van der Waals surface area (Å²) in [6.07, 6.45) is -0.321. The van der Waals surface area contributed by atoms with Gasteiger partial charge < -0.3 is 10.6 Å². The lowest BCUT2D eigenvalue weighted by Gasteiger charge is -2.21. The number of carbonyl (C=O) groups is 1. The number of aryl methyl sites for hydroxylation is 1. The van der Waals surface area contributed by atoms with Crippen molar-refractivity contribution in [2.24, 2.45) is 0 Å². The molecule has 1 amide bonds. The highest BCUT2D eigenvalue weighted by Crippen LogP contribution is 2.38. The predicted molar refractivity (Wildman–Crippen MR) is 132 cm³/mol.